The maximum atomic E-state index is 12.4. The van der Waals surface area contributed by atoms with Crippen LogP contribution in [0, 0.1) is 0 Å². The monoisotopic (exact) mass is 280 g/mol. The summed E-state index contributed by atoms with van der Waals surface area (Å²) < 4.78 is 0. The van der Waals surface area contributed by atoms with Crippen molar-refractivity contribution in [1.82, 2.24) is 0 Å². The lowest BCUT2D eigenvalue weighted by molar-refractivity contribution is -0.122. The van der Waals surface area contributed by atoms with E-state index in [4.69, 9.17) is 5.73 Å². The van der Waals surface area contributed by atoms with Gasteiger partial charge in [0.05, 0.1) is 0 Å². The van der Waals surface area contributed by atoms with Crippen molar-refractivity contribution in [1.29, 1.82) is 0 Å². The Hall–Kier alpha value is -2.29. The van der Waals surface area contributed by atoms with Crippen LogP contribution in [-0.2, 0) is 16.8 Å². The molecule has 108 valence electrons. The molecule has 3 N–H and O–H groups in total. The molecule has 0 saturated heterocycles. The van der Waals surface area contributed by atoms with Gasteiger partial charge in [0.25, 0.3) is 0 Å². The number of fused-ring (bicyclic) bond motifs is 1. The summed E-state index contributed by atoms with van der Waals surface area (Å²) in [5.41, 5.74) is 8.19. The van der Waals surface area contributed by atoms with Gasteiger partial charge in [-0.15, -0.1) is 0 Å². The highest BCUT2D eigenvalue weighted by molar-refractivity contribution is 5.90. The Kier molecular flexibility index (Phi) is 3.65. The van der Waals surface area contributed by atoms with Gasteiger partial charge < -0.3 is 11.1 Å². The molecule has 0 aromatic heterocycles. The molecule has 0 heterocycles. The van der Waals surface area contributed by atoms with E-state index in [0.29, 0.717) is 0 Å². The number of carbonyl (C=O) groups is 1. The fourth-order valence-electron chi connectivity index (χ4n) is 3.21. The second kappa shape index (κ2) is 5.60. The van der Waals surface area contributed by atoms with Gasteiger partial charge in [0.1, 0.15) is 5.54 Å². The van der Waals surface area contributed by atoms with E-state index in [-0.39, 0.29) is 5.91 Å². The second-order valence-corrected chi connectivity index (χ2v) is 5.62. The largest absolute Gasteiger partial charge is 0.368 e. The highest BCUT2D eigenvalue weighted by atomic mass is 16.1. The van der Waals surface area contributed by atoms with Gasteiger partial charge in [-0.2, -0.15) is 0 Å². The van der Waals surface area contributed by atoms with Crippen LogP contribution < -0.4 is 11.1 Å². The molecule has 21 heavy (non-hydrogen) atoms. The smallest absolute Gasteiger partial charge is 0.247 e. The summed E-state index contributed by atoms with van der Waals surface area (Å²) in [4.78, 5) is 12.4. The van der Waals surface area contributed by atoms with Gasteiger partial charge >= 0.3 is 0 Å². The third-order valence-corrected chi connectivity index (χ3v) is 4.28. The molecule has 2 aromatic carbocycles. The molecular weight excluding hydrogens is 260 g/mol. The summed E-state index contributed by atoms with van der Waals surface area (Å²) in [6.45, 7) is 0. The van der Waals surface area contributed by atoms with Crippen molar-refractivity contribution in [2.24, 2.45) is 5.73 Å². The van der Waals surface area contributed by atoms with E-state index in [9.17, 15) is 4.79 Å². The fourth-order valence-corrected chi connectivity index (χ4v) is 3.21. The van der Waals surface area contributed by atoms with Crippen LogP contribution >= 0.6 is 0 Å². The molecule has 0 spiro atoms. The van der Waals surface area contributed by atoms with E-state index in [1.165, 1.54) is 5.56 Å². The zero-order valence-corrected chi connectivity index (χ0v) is 12.0. The van der Waals surface area contributed by atoms with E-state index in [1.807, 2.05) is 48.5 Å². The minimum absolute atomic E-state index is 0.305. The Morgan fingerprint density at radius 2 is 1.71 bits per heavy atom. The fraction of sp³-hybridized carbons (Fsp3) is 0.278. The molecule has 1 atom stereocenters. The van der Waals surface area contributed by atoms with Crippen LogP contribution in [0.25, 0.3) is 0 Å². The van der Waals surface area contributed by atoms with E-state index >= 15 is 0 Å². The van der Waals surface area contributed by atoms with Crippen LogP contribution in [0.5, 0.6) is 0 Å². The van der Waals surface area contributed by atoms with E-state index in [0.717, 1.165) is 36.9 Å². The minimum atomic E-state index is -0.811. The van der Waals surface area contributed by atoms with Crippen molar-refractivity contribution in [3.8, 4) is 0 Å². The molecule has 1 aliphatic carbocycles. The van der Waals surface area contributed by atoms with Gasteiger partial charge in [-0.1, -0.05) is 42.5 Å². The number of hydrogen-bond acceptors (Lipinski definition) is 2. The maximum Gasteiger partial charge on any atom is 0.247 e. The predicted octanol–water partition coefficient (Wildman–Crippen LogP) is 3.21. The lowest BCUT2D eigenvalue weighted by Gasteiger charge is -2.33. The van der Waals surface area contributed by atoms with Crippen molar-refractivity contribution in [3.63, 3.8) is 0 Å². The number of anilines is 1. The molecule has 1 unspecified atom stereocenters. The summed E-state index contributed by atoms with van der Waals surface area (Å²) in [5.74, 6) is -0.305. The molecule has 3 rings (SSSR count). The molecule has 1 aliphatic rings. The molecule has 0 fully saturated rings. The second-order valence-electron chi connectivity index (χ2n) is 5.62. The number of nitrogens with one attached hydrogen (secondary N) is 1. The predicted molar refractivity (Wildman–Crippen MR) is 84.9 cm³/mol. The maximum absolute atomic E-state index is 12.4. The van der Waals surface area contributed by atoms with Gasteiger partial charge in [0.2, 0.25) is 5.91 Å². The number of para-hydroxylation sites is 1. The van der Waals surface area contributed by atoms with Crippen LogP contribution in [0.4, 0.5) is 5.69 Å². The van der Waals surface area contributed by atoms with Gasteiger partial charge in [-0.3, -0.25) is 4.79 Å². The Labute approximate surface area is 125 Å². The van der Waals surface area contributed by atoms with E-state index in [2.05, 4.69) is 11.4 Å². The number of rotatable bonds is 3. The number of hydrogen-bond donors (Lipinski definition) is 2. The standard InChI is InChI=1S/C18H20N2O/c19-17(21)18(20-15-10-2-1-3-11-15)13-7-6-9-14-8-4-5-12-16(14)18/h1-5,8,10-12,20H,6-7,9,13H2,(H2,19,21). The molecule has 3 heteroatoms. The van der Waals surface area contributed by atoms with Crippen LogP contribution in [0.3, 0.4) is 0 Å². The number of amides is 1. The summed E-state index contributed by atoms with van der Waals surface area (Å²) in [7, 11) is 0. The molecule has 2 aromatic rings. The van der Waals surface area contributed by atoms with Gasteiger partial charge in [0, 0.05) is 5.69 Å². The Bertz CT molecular complexity index is 639. The zero-order valence-electron chi connectivity index (χ0n) is 12.0. The number of aryl methyl sites for hydroxylation is 1. The molecule has 1 amide bonds. The topological polar surface area (TPSA) is 55.1 Å². The third kappa shape index (κ3) is 2.51. The van der Waals surface area contributed by atoms with Gasteiger partial charge in [0.15, 0.2) is 0 Å². The van der Waals surface area contributed by atoms with Crippen molar-refractivity contribution in [2.75, 3.05) is 5.32 Å². The zero-order chi connectivity index (χ0) is 14.7. The summed E-state index contributed by atoms with van der Waals surface area (Å²) in [6, 6.07) is 18.0. The highest BCUT2D eigenvalue weighted by Gasteiger charge is 2.40. The van der Waals surface area contributed by atoms with Crippen molar-refractivity contribution in [3.05, 3.63) is 65.7 Å². The number of benzene rings is 2. The normalized spacial score (nSPS) is 21.1. The van der Waals surface area contributed by atoms with Crippen molar-refractivity contribution >= 4 is 11.6 Å². The average molecular weight is 280 g/mol. The van der Waals surface area contributed by atoms with Crippen molar-refractivity contribution in [2.45, 2.75) is 31.2 Å². The Morgan fingerprint density at radius 1 is 1.00 bits per heavy atom. The highest BCUT2D eigenvalue weighted by Crippen LogP contribution is 2.37. The quantitative estimate of drug-likeness (QED) is 0.848. The van der Waals surface area contributed by atoms with Crippen LogP contribution in [0.1, 0.15) is 30.4 Å². The number of carbonyl (C=O) groups excluding carboxylic acids is 1. The Balaban J connectivity index is 2.10. The lowest BCUT2D eigenvalue weighted by atomic mass is 9.83. The Morgan fingerprint density at radius 3 is 2.48 bits per heavy atom. The summed E-state index contributed by atoms with van der Waals surface area (Å²) in [5, 5.41) is 3.42. The molecule has 0 saturated carbocycles. The minimum Gasteiger partial charge on any atom is -0.368 e. The number of nitrogens with two attached hydrogens (primary N) is 1. The SMILES string of the molecule is NC(=O)C1(Nc2ccccc2)CCCCc2ccccc21. The van der Waals surface area contributed by atoms with Crippen LogP contribution in [0.15, 0.2) is 54.6 Å². The average Bonchev–Trinajstić information content (AvgIpc) is 2.69. The molecule has 0 bridgehead atoms. The van der Waals surface area contributed by atoms with Crippen LogP contribution in [-0.4, -0.2) is 5.91 Å². The summed E-state index contributed by atoms with van der Waals surface area (Å²) in [6.07, 6.45) is 3.80. The molecule has 3 nitrogen and oxygen atoms in total. The molecule has 0 aliphatic heterocycles. The summed E-state index contributed by atoms with van der Waals surface area (Å²) >= 11 is 0. The van der Waals surface area contributed by atoms with Crippen LogP contribution in [0.2, 0.25) is 0 Å². The van der Waals surface area contributed by atoms with Gasteiger partial charge in [-0.25, -0.2) is 0 Å². The third-order valence-electron chi connectivity index (χ3n) is 4.28. The molecular formula is C18H20N2O. The first kappa shape index (κ1) is 13.7. The first-order valence-corrected chi connectivity index (χ1v) is 7.44. The van der Waals surface area contributed by atoms with Crippen molar-refractivity contribution < 1.29 is 4.79 Å². The lowest BCUT2D eigenvalue weighted by Crippen LogP contribution is -2.48. The molecule has 0 radical (unpaired) electrons. The first-order chi connectivity index (χ1) is 10.2. The first-order valence-electron chi connectivity index (χ1n) is 7.44. The van der Waals surface area contributed by atoms with E-state index < -0.39 is 5.54 Å². The van der Waals surface area contributed by atoms with E-state index in [1.54, 1.807) is 0 Å². The number of primary amides is 1. The van der Waals surface area contributed by atoms with Gasteiger partial charge in [-0.05, 0) is 48.9 Å².